The number of aromatic nitrogens is 3. The van der Waals surface area contributed by atoms with Crippen LogP contribution in [-0.2, 0) is 11.2 Å². The van der Waals surface area contributed by atoms with Crippen LogP contribution in [-0.4, -0.2) is 59.9 Å². The first kappa shape index (κ1) is 20.5. The van der Waals surface area contributed by atoms with Gasteiger partial charge < -0.3 is 25.0 Å². The Morgan fingerprint density at radius 2 is 1.85 bits per heavy atom. The number of rotatable bonds is 5. The van der Waals surface area contributed by atoms with Crippen LogP contribution in [0.5, 0.6) is 5.75 Å². The van der Waals surface area contributed by atoms with Crippen molar-refractivity contribution in [3.8, 4) is 5.75 Å². The molecule has 4 heterocycles. The van der Waals surface area contributed by atoms with Gasteiger partial charge in [-0.15, -0.1) is 0 Å². The summed E-state index contributed by atoms with van der Waals surface area (Å²) in [6.07, 6.45) is 10.7. The first-order chi connectivity index (χ1) is 16.3. The minimum Gasteiger partial charge on any atom is -0.488 e. The maximum absolute atomic E-state index is 6.56. The molecule has 2 aliphatic heterocycles. The molecule has 33 heavy (non-hydrogen) atoms. The van der Waals surface area contributed by atoms with Crippen LogP contribution in [0.25, 0.3) is 11.0 Å². The van der Waals surface area contributed by atoms with E-state index in [4.69, 9.17) is 9.47 Å². The lowest BCUT2D eigenvalue weighted by Crippen LogP contribution is -2.36. The third kappa shape index (κ3) is 4.27. The molecule has 0 unspecified atom stereocenters. The molecule has 0 bridgehead atoms. The molecule has 8 nitrogen and oxygen atoms in total. The van der Waals surface area contributed by atoms with Crippen LogP contribution in [0.2, 0.25) is 0 Å². The fourth-order valence-electron chi connectivity index (χ4n) is 5.18. The number of hydrogen-bond acceptors (Lipinski definition) is 8. The first-order valence-corrected chi connectivity index (χ1v) is 12.1. The molecule has 1 aromatic carbocycles. The van der Waals surface area contributed by atoms with E-state index in [9.17, 15) is 0 Å². The lowest BCUT2D eigenvalue weighted by atomic mass is 9.92. The lowest BCUT2D eigenvalue weighted by Gasteiger charge is -2.32. The van der Waals surface area contributed by atoms with Gasteiger partial charge in [-0.2, -0.15) is 0 Å². The third-order valence-corrected chi connectivity index (χ3v) is 6.95. The summed E-state index contributed by atoms with van der Waals surface area (Å²) in [4.78, 5) is 16.1. The van der Waals surface area contributed by atoms with E-state index >= 15 is 0 Å². The normalized spacial score (nSPS) is 22.6. The second kappa shape index (κ2) is 9.02. The average molecular weight is 447 g/mol. The van der Waals surface area contributed by atoms with Crippen LogP contribution in [0.1, 0.15) is 31.2 Å². The second-order valence-corrected chi connectivity index (χ2v) is 9.07. The van der Waals surface area contributed by atoms with Gasteiger partial charge in [-0.3, -0.25) is 4.98 Å². The highest BCUT2D eigenvalue weighted by Gasteiger charge is 2.26. The molecule has 1 aliphatic carbocycles. The Labute approximate surface area is 193 Å². The smallest absolute Gasteiger partial charge is 0.149 e. The quantitative estimate of drug-likeness (QED) is 0.615. The second-order valence-electron chi connectivity index (χ2n) is 9.07. The average Bonchev–Trinajstić information content (AvgIpc) is 3.36. The summed E-state index contributed by atoms with van der Waals surface area (Å²) in [6.45, 7) is 4.27. The van der Waals surface area contributed by atoms with Gasteiger partial charge in [0, 0.05) is 67.3 Å². The number of morpholine rings is 1. The van der Waals surface area contributed by atoms with Crippen molar-refractivity contribution in [2.75, 3.05) is 48.4 Å². The van der Waals surface area contributed by atoms with Crippen LogP contribution in [0.3, 0.4) is 0 Å². The lowest BCUT2D eigenvalue weighted by molar-refractivity contribution is 0.122. The Kier molecular flexibility index (Phi) is 5.59. The van der Waals surface area contributed by atoms with Gasteiger partial charge >= 0.3 is 0 Å². The zero-order valence-corrected chi connectivity index (χ0v) is 18.8. The van der Waals surface area contributed by atoms with E-state index in [1.807, 2.05) is 6.20 Å². The molecule has 0 spiro atoms. The number of benzene rings is 1. The number of nitrogens with one attached hydrogen (secondary N) is 2. The highest BCUT2D eigenvalue weighted by molar-refractivity contribution is 5.85. The Balaban J connectivity index is 1.15. The van der Waals surface area contributed by atoms with Gasteiger partial charge in [0.1, 0.15) is 17.1 Å². The van der Waals surface area contributed by atoms with E-state index in [2.05, 4.69) is 48.7 Å². The summed E-state index contributed by atoms with van der Waals surface area (Å²) in [5.74, 6) is 1.88. The number of anilines is 3. The van der Waals surface area contributed by atoms with Gasteiger partial charge in [0.05, 0.1) is 24.8 Å². The van der Waals surface area contributed by atoms with Crippen LogP contribution >= 0.6 is 0 Å². The highest BCUT2D eigenvalue weighted by atomic mass is 16.5. The maximum atomic E-state index is 6.56. The maximum Gasteiger partial charge on any atom is 0.149 e. The van der Waals surface area contributed by atoms with E-state index < -0.39 is 0 Å². The number of hydrogen-bond donors (Lipinski definition) is 2. The van der Waals surface area contributed by atoms with Gasteiger partial charge in [-0.1, -0.05) is 0 Å². The molecule has 3 aromatic rings. The number of pyridine rings is 1. The van der Waals surface area contributed by atoms with E-state index in [0.717, 1.165) is 93.2 Å². The molecule has 0 radical (unpaired) electrons. The van der Waals surface area contributed by atoms with E-state index in [1.165, 1.54) is 11.3 Å². The number of nitrogens with zero attached hydrogens (tertiary/aromatic N) is 4. The molecule has 3 aliphatic rings. The molecule has 8 heteroatoms. The van der Waals surface area contributed by atoms with Crippen molar-refractivity contribution in [1.29, 1.82) is 0 Å². The van der Waals surface area contributed by atoms with E-state index in [0.29, 0.717) is 6.04 Å². The van der Waals surface area contributed by atoms with Crippen molar-refractivity contribution in [2.24, 2.45) is 0 Å². The Morgan fingerprint density at radius 1 is 1.00 bits per heavy atom. The van der Waals surface area contributed by atoms with Crippen molar-refractivity contribution >= 4 is 28.2 Å². The molecule has 1 saturated carbocycles. The predicted molar refractivity (Wildman–Crippen MR) is 129 cm³/mol. The first-order valence-electron chi connectivity index (χ1n) is 12.1. The zero-order chi connectivity index (χ0) is 22.0. The summed E-state index contributed by atoms with van der Waals surface area (Å²) in [7, 11) is 0. The van der Waals surface area contributed by atoms with Crippen LogP contribution in [0.15, 0.2) is 36.8 Å². The Hall–Kier alpha value is -3.13. The molecule has 0 amide bonds. The predicted octanol–water partition coefficient (Wildman–Crippen LogP) is 3.63. The molecular weight excluding hydrogens is 416 g/mol. The van der Waals surface area contributed by atoms with Crippen LogP contribution in [0.4, 0.5) is 17.2 Å². The molecule has 2 fully saturated rings. The van der Waals surface area contributed by atoms with Crippen molar-refractivity contribution in [3.05, 3.63) is 42.4 Å². The van der Waals surface area contributed by atoms with Crippen LogP contribution < -0.4 is 20.3 Å². The van der Waals surface area contributed by atoms with E-state index in [1.54, 1.807) is 12.4 Å². The van der Waals surface area contributed by atoms with Crippen LogP contribution in [0, 0.1) is 0 Å². The molecular formula is C25H30N6O2. The monoisotopic (exact) mass is 446 g/mol. The standard InChI is InChI=1S/C25H30N6O2/c1-3-19(4-2-17(1)30-25-20-5-7-26-21(20)6-8-29-25)33-23-16-18(31-11-13-32-14-12-31)15-22-24(23)28-10-9-27-22/h6,8-10,15-17,19,26H,1-5,7,11-14H2,(H,29,30). The molecule has 2 N–H and O–H groups in total. The fourth-order valence-corrected chi connectivity index (χ4v) is 5.18. The molecule has 1 saturated heterocycles. The van der Waals surface area contributed by atoms with Crippen molar-refractivity contribution in [2.45, 2.75) is 44.2 Å². The summed E-state index contributed by atoms with van der Waals surface area (Å²) in [6, 6.07) is 6.75. The molecule has 172 valence electrons. The van der Waals surface area contributed by atoms with Crippen molar-refractivity contribution in [3.63, 3.8) is 0 Å². The minimum absolute atomic E-state index is 0.185. The van der Waals surface area contributed by atoms with Gasteiger partial charge in [0.2, 0.25) is 0 Å². The summed E-state index contributed by atoms with van der Waals surface area (Å²) in [5.41, 5.74) is 5.39. The third-order valence-electron chi connectivity index (χ3n) is 6.95. The number of fused-ring (bicyclic) bond motifs is 2. The topological polar surface area (TPSA) is 84.4 Å². The summed E-state index contributed by atoms with van der Waals surface area (Å²) < 4.78 is 12.1. The summed E-state index contributed by atoms with van der Waals surface area (Å²) >= 11 is 0. The molecule has 0 atom stereocenters. The highest BCUT2D eigenvalue weighted by Crippen LogP contribution is 2.34. The van der Waals surface area contributed by atoms with Gasteiger partial charge in [-0.25, -0.2) is 9.97 Å². The SMILES string of the molecule is c1cc2c(c(NC3CCC(Oc4cc(N5CCOCC5)cc5nccnc45)CC3)n1)CCN2. The Bertz CT molecular complexity index is 1130. The van der Waals surface area contributed by atoms with Crippen molar-refractivity contribution in [1.82, 2.24) is 15.0 Å². The fraction of sp³-hybridized carbons (Fsp3) is 0.480. The molecule has 2 aromatic heterocycles. The van der Waals surface area contributed by atoms with Gasteiger partial charge in [0.25, 0.3) is 0 Å². The van der Waals surface area contributed by atoms with Gasteiger partial charge in [-0.05, 0) is 44.2 Å². The largest absolute Gasteiger partial charge is 0.488 e. The zero-order valence-electron chi connectivity index (χ0n) is 18.8. The van der Waals surface area contributed by atoms with E-state index in [-0.39, 0.29) is 6.10 Å². The minimum atomic E-state index is 0.185. The molecule has 6 rings (SSSR count). The Morgan fingerprint density at radius 3 is 2.73 bits per heavy atom. The number of ether oxygens (including phenoxy) is 2. The van der Waals surface area contributed by atoms with Gasteiger partial charge in [0.15, 0.2) is 0 Å². The van der Waals surface area contributed by atoms with Crippen molar-refractivity contribution < 1.29 is 9.47 Å². The summed E-state index contributed by atoms with van der Waals surface area (Å²) in [5, 5.41) is 7.13.